The summed E-state index contributed by atoms with van der Waals surface area (Å²) in [6, 6.07) is 7.50. The quantitative estimate of drug-likeness (QED) is 0.253. The molecule has 0 spiro atoms. The van der Waals surface area contributed by atoms with Gasteiger partial charge in [-0.2, -0.15) is 0 Å². The predicted octanol–water partition coefficient (Wildman–Crippen LogP) is 5.13. The minimum atomic E-state index is -1.26. The molecule has 0 saturated heterocycles. The monoisotopic (exact) mass is 491 g/mol. The minimum absolute atomic E-state index is 0.102. The van der Waals surface area contributed by atoms with Gasteiger partial charge in [0.2, 0.25) is 0 Å². The Bertz CT molecular complexity index is 822. The average Bonchev–Trinajstić information content (AvgIpc) is 2.71. The molecule has 1 aromatic rings. The number of allylic oxidation sites excluding steroid dienone is 3. The number of nitrogens with zero attached hydrogens (tertiary/aromatic N) is 1. The topological polar surface area (TPSA) is 94.9 Å². The lowest BCUT2D eigenvalue weighted by Gasteiger charge is -2.11. The molecule has 0 heterocycles. The number of carboxylic acid groups (broad SMARTS) is 2. The number of Topliss-reactive ketones (excluding diaryl/α,β-unsaturated/α-hetero) is 1. The van der Waals surface area contributed by atoms with Crippen LogP contribution in [-0.4, -0.2) is 53.0 Å². The van der Waals surface area contributed by atoms with E-state index in [1.807, 2.05) is 43.3 Å². The number of rotatable bonds is 11. The number of likely N-dealkylation sites (N-methyl/N-ethyl adjacent to an activating group) is 1. The Morgan fingerprint density at radius 2 is 1.55 bits per heavy atom. The molecule has 0 radical (unpaired) electrons. The van der Waals surface area contributed by atoms with E-state index in [1.54, 1.807) is 0 Å². The number of benzene rings is 1. The summed E-state index contributed by atoms with van der Waals surface area (Å²) < 4.78 is 0.984. The number of hydrogen-bond acceptors (Lipinski definition) is 4. The number of hydrogen-bond donors (Lipinski definition) is 2. The highest BCUT2D eigenvalue weighted by Crippen LogP contribution is 2.15. The van der Waals surface area contributed by atoms with Crippen LogP contribution in [0.3, 0.4) is 0 Å². The van der Waals surface area contributed by atoms with Gasteiger partial charge in [-0.1, -0.05) is 39.7 Å². The van der Waals surface area contributed by atoms with Crippen LogP contribution in [0.1, 0.15) is 37.0 Å². The molecule has 0 atom stereocenters. The van der Waals surface area contributed by atoms with Gasteiger partial charge in [0, 0.05) is 35.3 Å². The van der Waals surface area contributed by atoms with Gasteiger partial charge in [-0.3, -0.25) is 9.69 Å². The zero-order valence-electron chi connectivity index (χ0n) is 18.2. The van der Waals surface area contributed by atoms with Gasteiger partial charge in [0.15, 0.2) is 5.78 Å². The molecule has 0 aliphatic rings. The van der Waals surface area contributed by atoms with E-state index in [-0.39, 0.29) is 5.78 Å². The maximum atomic E-state index is 12.3. The first-order valence-electron chi connectivity index (χ1n) is 9.62. The Morgan fingerprint density at radius 1 is 1.00 bits per heavy atom. The number of halogens is 1. The van der Waals surface area contributed by atoms with E-state index in [9.17, 15) is 14.4 Å². The SMILES string of the molecule is C=CCN(C)CC=C(C)CCC=C(C)C(=O)c1ccc(Br)cc1.O=C(O)C=CC(=O)O. The minimum Gasteiger partial charge on any atom is -0.478 e. The molecule has 2 N–H and O–H groups in total. The second-order valence-electron chi connectivity index (χ2n) is 6.83. The average molecular weight is 492 g/mol. The van der Waals surface area contributed by atoms with Crippen molar-refractivity contribution in [1.82, 2.24) is 4.90 Å². The van der Waals surface area contributed by atoms with Crippen LogP contribution in [0.15, 0.2) is 76.8 Å². The summed E-state index contributed by atoms with van der Waals surface area (Å²) in [5.74, 6) is -2.41. The summed E-state index contributed by atoms with van der Waals surface area (Å²) in [6.07, 6.45) is 9.17. The van der Waals surface area contributed by atoms with Gasteiger partial charge in [0.1, 0.15) is 0 Å². The molecule has 1 rings (SSSR count). The molecule has 6 nitrogen and oxygen atoms in total. The Labute approximate surface area is 192 Å². The van der Waals surface area contributed by atoms with Gasteiger partial charge in [-0.15, -0.1) is 6.58 Å². The van der Waals surface area contributed by atoms with Crippen LogP contribution in [0.2, 0.25) is 0 Å². The molecule has 0 bridgehead atoms. The predicted molar refractivity (Wildman–Crippen MR) is 127 cm³/mol. The van der Waals surface area contributed by atoms with Crippen LogP contribution in [0.4, 0.5) is 0 Å². The summed E-state index contributed by atoms with van der Waals surface area (Å²) in [6.45, 7) is 9.59. The molecule has 168 valence electrons. The van der Waals surface area contributed by atoms with Gasteiger partial charge < -0.3 is 10.2 Å². The lowest BCUT2D eigenvalue weighted by Crippen LogP contribution is -2.18. The molecule has 0 fully saturated rings. The van der Waals surface area contributed by atoms with Crippen molar-refractivity contribution in [3.05, 3.63) is 82.4 Å². The number of carboxylic acids is 2. The molecule has 0 amide bonds. The highest BCUT2D eigenvalue weighted by atomic mass is 79.9. The third kappa shape index (κ3) is 14.8. The van der Waals surface area contributed by atoms with Crippen LogP contribution in [0, 0.1) is 0 Å². The van der Waals surface area contributed by atoms with E-state index < -0.39 is 11.9 Å². The van der Waals surface area contributed by atoms with E-state index in [4.69, 9.17) is 10.2 Å². The van der Waals surface area contributed by atoms with Crippen LogP contribution >= 0.6 is 15.9 Å². The van der Waals surface area contributed by atoms with Gasteiger partial charge in [-0.05, 0) is 63.6 Å². The van der Waals surface area contributed by atoms with Gasteiger partial charge >= 0.3 is 11.9 Å². The molecular formula is C24H30BrNO5. The van der Waals surface area contributed by atoms with E-state index in [2.05, 4.69) is 47.5 Å². The standard InChI is InChI=1S/C20H26BrNO.C4H4O4/c1-5-14-22(4)15-13-16(2)7-6-8-17(3)20(23)18-9-11-19(21)12-10-18;5-3(6)1-2-4(7)8/h5,8-13H,1,6-7,14-15H2,2-4H3;1-2H,(H,5,6)(H,7,8). The number of carbonyl (C=O) groups is 3. The van der Waals surface area contributed by atoms with Crippen LogP contribution in [0.25, 0.3) is 0 Å². The highest BCUT2D eigenvalue weighted by Gasteiger charge is 2.07. The van der Waals surface area contributed by atoms with E-state index in [1.165, 1.54) is 5.57 Å². The van der Waals surface area contributed by atoms with Crippen molar-refractivity contribution in [3.63, 3.8) is 0 Å². The fourth-order valence-electron chi connectivity index (χ4n) is 2.29. The molecule has 0 saturated carbocycles. The van der Waals surface area contributed by atoms with Crippen molar-refractivity contribution < 1.29 is 24.6 Å². The van der Waals surface area contributed by atoms with E-state index in [0.29, 0.717) is 12.2 Å². The zero-order valence-corrected chi connectivity index (χ0v) is 19.8. The molecule has 0 aliphatic carbocycles. The smallest absolute Gasteiger partial charge is 0.328 e. The van der Waals surface area contributed by atoms with Crippen molar-refractivity contribution in [3.8, 4) is 0 Å². The number of carbonyl (C=O) groups excluding carboxylic acids is 1. The summed E-state index contributed by atoms with van der Waals surface area (Å²) in [7, 11) is 2.08. The number of ketones is 1. The second-order valence-corrected chi connectivity index (χ2v) is 7.75. The van der Waals surface area contributed by atoms with Crippen LogP contribution in [0.5, 0.6) is 0 Å². The van der Waals surface area contributed by atoms with Crippen molar-refractivity contribution in [2.45, 2.75) is 26.7 Å². The zero-order chi connectivity index (χ0) is 23.8. The first kappa shape index (κ1) is 28.2. The van der Waals surface area contributed by atoms with Crippen LogP contribution in [-0.2, 0) is 9.59 Å². The third-order valence-electron chi connectivity index (χ3n) is 4.01. The summed E-state index contributed by atoms with van der Waals surface area (Å²) in [5.41, 5.74) is 2.89. The van der Waals surface area contributed by atoms with Crippen molar-refractivity contribution in [2.75, 3.05) is 20.1 Å². The molecule has 0 unspecified atom stereocenters. The van der Waals surface area contributed by atoms with Crippen LogP contribution < -0.4 is 0 Å². The molecule has 0 aliphatic heterocycles. The molecule has 31 heavy (non-hydrogen) atoms. The fraction of sp³-hybridized carbons (Fsp3) is 0.292. The lowest BCUT2D eigenvalue weighted by molar-refractivity contribution is -0.134. The van der Waals surface area contributed by atoms with Gasteiger partial charge in [0.25, 0.3) is 0 Å². The second kappa shape index (κ2) is 16.0. The summed E-state index contributed by atoms with van der Waals surface area (Å²) in [5, 5.41) is 15.6. The third-order valence-corrected chi connectivity index (χ3v) is 4.54. The van der Waals surface area contributed by atoms with Gasteiger partial charge in [-0.25, -0.2) is 9.59 Å². The van der Waals surface area contributed by atoms with E-state index >= 15 is 0 Å². The Morgan fingerprint density at radius 3 is 2.03 bits per heavy atom. The fourth-order valence-corrected chi connectivity index (χ4v) is 2.55. The first-order chi connectivity index (χ1) is 14.6. The first-order valence-corrected chi connectivity index (χ1v) is 10.4. The van der Waals surface area contributed by atoms with Gasteiger partial charge in [0.05, 0.1) is 0 Å². The van der Waals surface area contributed by atoms with Crippen molar-refractivity contribution >= 4 is 33.7 Å². The van der Waals surface area contributed by atoms with E-state index in [0.717, 1.165) is 41.5 Å². The largest absolute Gasteiger partial charge is 0.478 e. The number of aliphatic carboxylic acids is 2. The lowest BCUT2D eigenvalue weighted by atomic mass is 10.0. The maximum absolute atomic E-state index is 12.3. The summed E-state index contributed by atoms with van der Waals surface area (Å²) in [4.78, 5) is 33.6. The maximum Gasteiger partial charge on any atom is 0.328 e. The summed E-state index contributed by atoms with van der Waals surface area (Å²) >= 11 is 3.38. The van der Waals surface area contributed by atoms with Crippen molar-refractivity contribution in [1.29, 1.82) is 0 Å². The molecule has 7 heteroatoms. The Hall–Kier alpha value is -2.77. The Balaban J connectivity index is 0.000000954. The van der Waals surface area contributed by atoms with Crippen molar-refractivity contribution in [2.24, 2.45) is 0 Å². The molecule has 0 aromatic heterocycles. The Kier molecular flexibility index (Phi) is 14.6. The molecule has 1 aromatic carbocycles. The highest BCUT2D eigenvalue weighted by molar-refractivity contribution is 9.10. The normalized spacial score (nSPS) is 11.8. The molecular weight excluding hydrogens is 462 g/mol.